The van der Waals surface area contributed by atoms with Gasteiger partial charge in [-0.2, -0.15) is 0 Å². The number of esters is 1. The van der Waals surface area contributed by atoms with Crippen LogP contribution in [-0.4, -0.2) is 37.6 Å². The van der Waals surface area contributed by atoms with Crippen LogP contribution in [-0.2, 0) is 14.3 Å². The molecule has 0 bridgehead atoms. The summed E-state index contributed by atoms with van der Waals surface area (Å²) in [5.41, 5.74) is 0. The largest absolute Gasteiger partial charge is 0.464 e. The number of carbonyl (C=O) groups is 2. The van der Waals surface area contributed by atoms with Crippen molar-refractivity contribution in [1.29, 1.82) is 0 Å². The third-order valence-corrected chi connectivity index (χ3v) is 3.48. The van der Waals surface area contributed by atoms with Crippen molar-refractivity contribution in [2.24, 2.45) is 11.8 Å². The van der Waals surface area contributed by atoms with E-state index in [0.717, 1.165) is 19.4 Å². The van der Waals surface area contributed by atoms with Gasteiger partial charge in [-0.1, -0.05) is 20.3 Å². The molecule has 0 saturated carbocycles. The molecule has 0 aromatic heterocycles. The van der Waals surface area contributed by atoms with Crippen molar-refractivity contribution >= 4 is 24.3 Å². The van der Waals surface area contributed by atoms with Gasteiger partial charge < -0.3 is 15.4 Å². The van der Waals surface area contributed by atoms with Crippen LogP contribution in [0.3, 0.4) is 0 Å². The molecule has 112 valence electrons. The second-order valence-corrected chi connectivity index (χ2v) is 4.81. The zero-order valence-corrected chi connectivity index (χ0v) is 12.7. The van der Waals surface area contributed by atoms with Gasteiger partial charge in [-0.15, -0.1) is 12.4 Å². The molecule has 19 heavy (non-hydrogen) atoms. The number of rotatable bonds is 6. The molecular weight excluding hydrogens is 268 g/mol. The van der Waals surface area contributed by atoms with Crippen molar-refractivity contribution in [3.05, 3.63) is 0 Å². The fraction of sp³-hybridized carbons (Fsp3) is 0.846. The molecule has 0 radical (unpaired) electrons. The van der Waals surface area contributed by atoms with E-state index in [1.807, 2.05) is 13.8 Å². The van der Waals surface area contributed by atoms with Crippen LogP contribution in [0.2, 0.25) is 0 Å². The molecule has 1 amide bonds. The zero-order valence-electron chi connectivity index (χ0n) is 11.9. The molecule has 1 fully saturated rings. The molecule has 0 aliphatic carbocycles. The molecule has 0 aromatic rings. The van der Waals surface area contributed by atoms with Crippen molar-refractivity contribution in [3.8, 4) is 0 Å². The number of amides is 1. The van der Waals surface area contributed by atoms with E-state index in [1.54, 1.807) is 6.92 Å². The Bertz CT molecular complexity index is 294. The number of hydrogen-bond donors (Lipinski definition) is 2. The minimum absolute atomic E-state index is 0. The summed E-state index contributed by atoms with van der Waals surface area (Å²) in [4.78, 5) is 23.9. The van der Waals surface area contributed by atoms with E-state index in [4.69, 9.17) is 4.74 Å². The van der Waals surface area contributed by atoms with Gasteiger partial charge in [0.25, 0.3) is 0 Å². The molecule has 0 spiro atoms. The van der Waals surface area contributed by atoms with Crippen LogP contribution < -0.4 is 10.6 Å². The second kappa shape index (κ2) is 9.15. The monoisotopic (exact) mass is 292 g/mol. The number of carbonyl (C=O) groups excluding carboxylic acids is 2. The summed E-state index contributed by atoms with van der Waals surface area (Å²) < 4.78 is 5.02. The molecule has 1 aliphatic rings. The first-order valence-electron chi connectivity index (χ1n) is 6.77. The van der Waals surface area contributed by atoms with E-state index in [2.05, 4.69) is 10.6 Å². The standard InChI is InChI=1S/C13H24N2O3.ClH/c1-4-9(3)11(13(17)18-5-2)15-12(16)10-6-7-14-8-10;/h9-11,14H,4-8H2,1-3H3,(H,15,16);1H. The Morgan fingerprint density at radius 1 is 1.42 bits per heavy atom. The molecule has 1 aliphatic heterocycles. The molecule has 6 heteroatoms. The topological polar surface area (TPSA) is 67.4 Å². The molecule has 1 saturated heterocycles. The van der Waals surface area contributed by atoms with Crippen LogP contribution >= 0.6 is 12.4 Å². The maximum absolute atomic E-state index is 12.0. The Hall–Kier alpha value is -0.810. The number of halogens is 1. The summed E-state index contributed by atoms with van der Waals surface area (Å²) in [6, 6.07) is -0.525. The van der Waals surface area contributed by atoms with Crippen molar-refractivity contribution < 1.29 is 14.3 Å². The Balaban J connectivity index is 0.00000324. The summed E-state index contributed by atoms with van der Waals surface area (Å²) in [5.74, 6) is -0.308. The molecule has 1 heterocycles. The van der Waals surface area contributed by atoms with Gasteiger partial charge in [0.15, 0.2) is 0 Å². The predicted molar refractivity (Wildman–Crippen MR) is 76.2 cm³/mol. The average molecular weight is 293 g/mol. The van der Waals surface area contributed by atoms with E-state index >= 15 is 0 Å². The fourth-order valence-corrected chi connectivity index (χ4v) is 2.05. The molecular formula is C13H25ClN2O3. The second-order valence-electron chi connectivity index (χ2n) is 4.81. The predicted octanol–water partition coefficient (Wildman–Crippen LogP) is 1.11. The first kappa shape index (κ1) is 18.2. The van der Waals surface area contributed by atoms with E-state index < -0.39 is 6.04 Å². The van der Waals surface area contributed by atoms with Crippen LogP contribution in [0.1, 0.15) is 33.6 Å². The highest BCUT2D eigenvalue weighted by molar-refractivity contribution is 5.86. The lowest BCUT2D eigenvalue weighted by atomic mass is 9.98. The summed E-state index contributed by atoms with van der Waals surface area (Å²) in [6.07, 6.45) is 1.66. The lowest BCUT2D eigenvalue weighted by Gasteiger charge is -2.23. The molecule has 3 unspecified atom stereocenters. The maximum atomic E-state index is 12.0. The smallest absolute Gasteiger partial charge is 0.328 e. The number of ether oxygens (including phenoxy) is 1. The van der Waals surface area contributed by atoms with Crippen molar-refractivity contribution in [2.45, 2.75) is 39.7 Å². The minimum atomic E-state index is -0.525. The van der Waals surface area contributed by atoms with E-state index in [-0.39, 0.29) is 36.1 Å². The highest BCUT2D eigenvalue weighted by Gasteiger charge is 2.30. The van der Waals surface area contributed by atoms with E-state index in [9.17, 15) is 9.59 Å². The fourth-order valence-electron chi connectivity index (χ4n) is 2.05. The third kappa shape index (κ3) is 5.37. The lowest BCUT2D eigenvalue weighted by Crippen LogP contribution is -2.48. The highest BCUT2D eigenvalue weighted by atomic mass is 35.5. The van der Waals surface area contributed by atoms with Crippen LogP contribution in [0.5, 0.6) is 0 Å². The van der Waals surface area contributed by atoms with Gasteiger partial charge in [0.1, 0.15) is 6.04 Å². The summed E-state index contributed by atoms with van der Waals surface area (Å²) in [7, 11) is 0. The Kier molecular flexibility index (Phi) is 8.76. The molecule has 2 N–H and O–H groups in total. The SMILES string of the molecule is CCOC(=O)C(NC(=O)C1CCNC1)C(C)CC.Cl. The van der Waals surface area contributed by atoms with Crippen molar-refractivity contribution in [1.82, 2.24) is 10.6 Å². The normalized spacial score (nSPS) is 21.1. The minimum Gasteiger partial charge on any atom is -0.464 e. The maximum Gasteiger partial charge on any atom is 0.328 e. The van der Waals surface area contributed by atoms with Gasteiger partial charge >= 0.3 is 5.97 Å². The third-order valence-electron chi connectivity index (χ3n) is 3.48. The summed E-state index contributed by atoms with van der Waals surface area (Å²) in [6.45, 7) is 7.63. The zero-order chi connectivity index (χ0) is 13.5. The van der Waals surface area contributed by atoms with Crippen LogP contribution in [0.4, 0.5) is 0 Å². The van der Waals surface area contributed by atoms with E-state index in [0.29, 0.717) is 13.2 Å². The van der Waals surface area contributed by atoms with Crippen LogP contribution in [0.15, 0.2) is 0 Å². The molecule has 0 aromatic carbocycles. The quantitative estimate of drug-likeness (QED) is 0.720. The van der Waals surface area contributed by atoms with Gasteiger partial charge in [0, 0.05) is 6.54 Å². The number of nitrogens with one attached hydrogen (secondary N) is 2. The van der Waals surface area contributed by atoms with E-state index in [1.165, 1.54) is 0 Å². The van der Waals surface area contributed by atoms with Gasteiger partial charge in [-0.05, 0) is 25.8 Å². The first-order valence-corrected chi connectivity index (χ1v) is 6.77. The average Bonchev–Trinajstić information content (AvgIpc) is 2.88. The van der Waals surface area contributed by atoms with Crippen molar-refractivity contribution in [2.75, 3.05) is 19.7 Å². The lowest BCUT2D eigenvalue weighted by molar-refractivity contribution is -0.149. The van der Waals surface area contributed by atoms with Crippen molar-refractivity contribution in [3.63, 3.8) is 0 Å². The van der Waals surface area contributed by atoms with Crippen LogP contribution in [0, 0.1) is 11.8 Å². The molecule has 5 nitrogen and oxygen atoms in total. The van der Waals surface area contributed by atoms with Gasteiger partial charge in [0.2, 0.25) is 5.91 Å². The summed E-state index contributed by atoms with van der Waals surface area (Å²) >= 11 is 0. The Morgan fingerprint density at radius 3 is 2.58 bits per heavy atom. The Labute approximate surface area is 121 Å². The van der Waals surface area contributed by atoms with Gasteiger partial charge in [-0.3, -0.25) is 4.79 Å². The molecule has 3 atom stereocenters. The molecule has 1 rings (SSSR count). The van der Waals surface area contributed by atoms with Gasteiger partial charge in [-0.25, -0.2) is 4.79 Å². The number of hydrogen-bond acceptors (Lipinski definition) is 4. The van der Waals surface area contributed by atoms with Crippen LogP contribution in [0.25, 0.3) is 0 Å². The Morgan fingerprint density at radius 2 is 2.11 bits per heavy atom. The highest BCUT2D eigenvalue weighted by Crippen LogP contribution is 2.13. The van der Waals surface area contributed by atoms with Gasteiger partial charge in [0.05, 0.1) is 12.5 Å². The summed E-state index contributed by atoms with van der Waals surface area (Å²) in [5, 5.41) is 5.99. The first-order chi connectivity index (χ1) is 8.60.